The fourth-order valence-electron chi connectivity index (χ4n) is 2.82. The molecule has 5 atom stereocenters. The van der Waals surface area contributed by atoms with Crippen molar-refractivity contribution in [1.82, 2.24) is 0 Å². The zero-order chi connectivity index (χ0) is 17.7. The van der Waals surface area contributed by atoms with Gasteiger partial charge in [0.1, 0.15) is 18.3 Å². The fourth-order valence-corrected chi connectivity index (χ4v) is 2.82. The van der Waals surface area contributed by atoms with Crippen molar-refractivity contribution in [2.45, 2.75) is 43.9 Å². The monoisotopic (exact) mass is 338 g/mol. The summed E-state index contributed by atoms with van der Waals surface area (Å²) < 4.78 is 21.1. The second-order valence-corrected chi connectivity index (χ2v) is 5.55. The predicted octanol–water partition coefficient (Wildman–Crippen LogP) is 0.997. The lowest BCUT2D eigenvalue weighted by atomic mass is 9.98. The van der Waals surface area contributed by atoms with Gasteiger partial charge in [-0.15, -0.1) is 0 Å². The van der Waals surface area contributed by atoms with E-state index in [-0.39, 0.29) is 6.42 Å². The molecule has 1 heterocycles. The lowest BCUT2D eigenvalue weighted by molar-refractivity contribution is -0.160. The zero-order valence-corrected chi connectivity index (χ0v) is 13.9. The SMILES string of the molecule is COC(=O)C[C@@H](OC)[C@@H]1O[C@H](c2ccccc2)[C@@H](O)[C@@H]1OC(C)=O. The number of benzene rings is 1. The summed E-state index contributed by atoms with van der Waals surface area (Å²) >= 11 is 0. The summed E-state index contributed by atoms with van der Waals surface area (Å²) in [4.78, 5) is 23.0. The highest BCUT2D eigenvalue weighted by molar-refractivity contribution is 5.70. The van der Waals surface area contributed by atoms with Crippen LogP contribution in [0, 0.1) is 0 Å². The number of ether oxygens (including phenoxy) is 4. The largest absolute Gasteiger partial charge is 0.469 e. The summed E-state index contributed by atoms with van der Waals surface area (Å²) in [5.41, 5.74) is 0.748. The van der Waals surface area contributed by atoms with Gasteiger partial charge in [0, 0.05) is 14.0 Å². The molecule has 2 rings (SSSR count). The Morgan fingerprint density at radius 2 is 1.92 bits per heavy atom. The molecule has 0 bridgehead atoms. The molecular formula is C17H22O7. The van der Waals surface area contributed by atoms with Crippen LogP contribution < -0.4 is 0 Å². The first-order chi connectivity index (χ1) is 11.5. The first-order valence-corrected chi connectivity index (χ1v) is 7.63. The van der Waals surface area contributed by atoms with Crippen molar-refractivity contribution < 1.29 is 33.6 Å². The molecule has 0 radical (unpaired) electrons. The van der Waals surface area contributed by atoms with Gasteiger partial charge < -0.3 is 24.1 Å². The fraction of sp³-hybridized carbons (Fsp3) is 0.529. The molecule has 1 N–H and O–H groups in total. The maximum absolute atomic E-state index is 11.6. The summed E-state index contributed by atoms with van der Waals surface area (Å²) in [6, 6.07) is 9.11. The van der Waals surface area contributed by atoms with Crippen LogP contribution >= 0.6 is 0 Å². The Kier molecular flexibility index (Phi) is 6.30. The zero-order valence-electron chi connectivity index (χ0n) is 13.9. The van der Waals surface area contributed by atoms with Crippen LogP contribution in [-0.4, -0.2) is 55.7 Å². The van der Waals surface area contributed by atoms with Gasteiger partial charge in [-0.3, -0.25) is 9.59 Å². The van der Waals surface area contributed by atoms with Crippen LogP contribution in [0.4, 0.5) is 0 Å². The van der Waals surface area contributed by atoms with Crippen LogP contribution in [0.3, 0.4) is 0 Å². The maximum Gasteiger partial charge on any atom is 0.308 e. The van der Waals surface area contributed by atoms with Crippen LogP contribution in [0.15, 0.2) is 30.3 Å². The molecule has 132 valence electrons. The van der Waals surface area contributed by atoms with Gasteiger partial charge in [0.25, 0.3) is 0 Å². The summed E-state index contributed by atoms with van der Waals surface area (Å²) in [6.45, 7) is 1.25. The molecule has 1 saturated heterocycles. The van der Waals surface area contributed by atoms with Crippen molar-refractivity contribution in [3.05, 3.63) is 35.9 Å². The van der Waals surface area contributed by atoms with Gasteiger partial charge in [-0.2, -0.15) is 0 Å². The average molecular weight is 338 g/mol. The van der Waals surface area contributed by atoms with E-state index >= 15 is 0 Å². The first-order valence-electron chi connectivity index (χ1n) is 7.63. The van der Waals surface area contributed by atoms with E-state index in [1.165, 1.54) is 21.1 Å². The standard InChI is InChI=1S/C17H22O7/c1-10(18)23-17-14(20)15(11-7-5-4-6-8-11)24-16(17)12(21-2)9-13(19)22-3/h4-8,12,14-17,20H,9H2,1-3H3/t12-,14-,15-,16+,17+/m1/s1. The molecule has 1 fully saturated rings. The van der Waals surface area contributed by atoms with Crippen molar-refractivity contribution in [2.24, 2.45) is 0 Å². The van der Waals surface area contributed by atoms with E-state index in [9.17, 15) is 14.7 Å². The highest BCUT2D eigenvalue weighted by atomic mass is 16.6. The van der Waals surface area contributed by atoms with Gasteiger partial charge in [0.05, 0.1) is 19.6 Å². The highest BCUT2D eigenvalue weighted by Crippen LogP contribution is 2.37. The Labute approximate surface area is 140 Å². The smallest absolute Gasteiger partial charge is 0.308 e. The molecule has 0 aromatic heterocycles. The molecule has 7 nitrogen and oxygen atoms in total. The van der Waals surface area contributed by atoms with Crippen LogP contribution in [0.2, 0.25) is 0 Å². The van der Waals surface area contributed by atoms with Crippen molar-refractivity contribution in [2.75, 3.05) is 14.2 Å². The highest BCUT2D eigenvalue weighted by Gasteiger charge is 2.50. The number of rotatable bonds is 6. The van der Waals surface area contributed by atoms with Crippen LogP contribution in [0.25, 0.3) is 0 Å². The molecule has 1 aromatic carbocycles. The molecule has 7 heteroatoms. The normalized spacial score (nSPS) is 27.5. The van der Waals surface area contributed by atoms with E-state index in [4.69, 9.17) is 14.2 Å². The number of methoxy groups -OCH3 is 2. The van der Waals surface area contributed by atoms with Gasteiger partial charge in [-0.25, -0.2) is 0 Å². The molecule has 24 heavy (non-hydrogen) atoms. The summed E-state index contributed by atoms with van der Waals surface area (Å²) in [7, 11) is 2.69. The number of carbonyl (C=O) groups is 2. The van der Waals surface area contributed by atoms with Gasteiger partial charge in [-0.05, 0) is 5.56 Å². The molecule has 1 aromatic rings. The van der Waals surface area contributed by atoms with E-state index in [1.807, 2.05) is 30.3 Å². The Bertz CT molecular complexity index is 559. The van der Waals surface area contributed by atoms with Gasteiger partial charge >= 0.3 is 11.9 Å². The summed E-state index contributed by atoms with van der Waals surface area (Å²) in [6.07, 6.45) is -4.29. The second-order valence-electron chi connectivity index (χ2n) is 5.55. The number of hydrogen-bond donors (Lipinski definition) is 1. The molecule has 0 unspecified atom stereocenters. The minimum Gasteiger partial charge on any atom is -0.469 e. The van der Waals surface area contributed by atoms with E-state index in [0.717, 1.165) is 5.56 Å². The van der Waals surface area contributed by atoms with Crippen molar-refractivity contribution in [3.63, 3.8) is 0 Å². The number of carbonyl (C=O) groups excluding carboxylic acids is 2. The first kappa shape index (κ1) is 18.4. The minimum absolute atomic E-state index is 0.0797. The molecule has 0 saturated carbocycles. The van der Waals surface area contributed by atoms with Gasteiger partial charge in [0.15, 0.2) is 6.10 Å². The second kappa shape index (κ2) is 8.23. The molecule has 1 aliphatic rings. The Balaban J connectivity index is 2.26. The Morgan fingerprint density at radius 1 is 1.25 bits per heavy atom. The topological polar surface area (TPSA) is 91.3 Å². The van der Waals surface area contributed by atoms with E-state index in [0.29, 0.717) is 0 Å². The summed E-state index contributed by atoms with van der Waals surface area (Å²) in [5.74, 6) is -1.03. The number of aliphatic hydroxyl groups is 1. The van der Waals surface area contributed by atoms with Gasteiger partial charge in [-0.1, -0.05) is 30.3 Å². The molecule has 0 amide bonds. The van der Waals surface area contributed by atoms with Crippen molar-refractivity contribution >= 4 is 11.9 Å². The van der Waals surface area contributed by atoms with Gasteiger partial charge in [0.2, 0.25) is 0 Å². The van der Waals surface area contributed by atoms with E-state index in [1.54, 1.807) is 0 Å². The minimum atomic E-state index is -1.07. The third kappa shape index (κ3) is 4.11. The molecule has 0 spiro atoms. The van der Waals surface area contributed by atoms with Crippen LogP contribution in [0.1, 0.15) is 25.0 Å². The number of esters is 2. The maximum atomic E-state index is 11.6. The lowest BCUT2D eigenvalue weighted by Gasteiger charge is -2.26. The lowest BCUT2D eigenvalue weighted by Crippen LogP contribution is -2.43. The van der Waals surface area contributed by atoms with Crippen LogP contribution in [0.5, 0.6) is 0 Å². The third-order valence-electron chi connectivity index (χ3n) is 3.97. The van der Waals surface area contributed by atoms with Crippen molar-refractivity contribution in [3.8, 4) is 0 Å². The number of hydrogen-bond acceptors (Lipinski definition) is 7. The summed E-state index contributed by atoms with van der Waals surface area (Å²) in [5, 5.41) is 10.6. The molecular weight excluding hydrogens is 316 g/mol. The van der Waals surface area contributed by atoms with E-state index in [2.05, 4.69) is 4.74 Å². The molecule has 0 aliphatic carbocycles. The quantitative estimate of drug-likeness (QED) is 0.774. The van der Waals surface area contributed by atoms with E-state index < -0.39 is 42.5 Å². The molecule has 1 aliphatic heterocycles. The van der Waals surface area contributed by atoms with Crippen LogP contribution in [-0.2, 0) is 28.5 Å². The number of aliphatic hydroxyl groups excluding tert-OH is 1. The average Bonchev–Trinajstić information content (AvgIpc) is 2.89. The third-order valence-corrected chi connectivity index (χ3v) is 3.97. The Morgan fingerprint density at radius 3 is 2.46 bits per heavy atom. The van der Waals surface area contributed by atoms with Crippen molar-refractivity contribution in [1.29, 1.82) is 0 Å². The Hall–Kier alpha value is -1.96. The predicted molar refractivity (Wildman–Crippen MR) is 83.0 cm³/mol.